The van der Waals surface area contributed by atoms with Crippen LogP contribution in [0.25, 0.3) is 28.2 Å². The number of aryl methyl sites for hydroxylation is 1. The Labute approximate surface area is 198 Å². The van der Waals surface area contributed by atoms with Crippen molar-refractivity contribution in [3.63, 3.8) is 0 Å². The molecule has 0 saturated carbocycles. The first-order valence-electron chi connectivity index (χ1n) is 11.1. The molecule has 35 heavy (non-hydrogen) atoms. The summed E-state index contributed by atoms with van der Waals surface area (Å²) in [7, 11) is 0. The highest BCUT2D eigenvalue weighted by Crippen LogP contribution is 2.29. The van der Waals surface area contributed by atoms with E-state index in [1.165, 1.54) is 12.3 Å². The Hall–Kier alpha value is -4.47. The van der Waals surface area contributed by atoms with Crippen LogP contribution >= 0.6 is 0 Å². The number of aromatic nitrogens is 7. The first-order chi connectivity index (χ1) is 17.1. The maximum Gasteiger partial charge on any atom is 0.333 e. The van der Waals surface area contributed by atoms with Gasteiger partial charge in [0, 0.05) is 29.8 Å². The number of aromatic amines is 1. The van der Waals surface area contributed by atoms with Crippen molar-refractivity contribution in [2.75, 3.05) is 0 Å². The standard InChI is InChI=1S/C25H21F2N7O/c1-2-4-18-15-34(23-21(26)5-3-6-22(23)27)25(35)33(18)14-16-7-9-17(10-8-16)19-11-12-28-13-20(19)24-29-31-32-30-24/h3,5-13,15H,2,4,14H2,1H3,(H,29,30,31,32). The molecule has 8 nitrogen and oxygen atoms in total. The van der Waals surface area contributed by atoms with Crippen molar-refractivity contribution in [3.8, 4) is 28.2 Å². The number of pyridine rings is 1. The zero-order valence-corrected chi connectivity index (χ0v) is 18.8. The van der Waals surface area contributed by atoms with Gasteiger partial charge in [-0.25, -0.2) is 18.7 Å². The van der Waals surface area contributed by atoms with Crippen molar-refractivity contribution in [2.45, 2.75) is 26.3 Å². The lowest BCUT2D eigenvalue weighted by Gasteiger charge is -2.10. The SMILES string of the molecule is CCCc1cn(-c2c(F)cccc2F)c(=O)n1Cc1ccc(-c2ccncc2-c2nnn[nH]2)cc1. The van der Waals surface area contributed by atoms with Gasteiger partial charge in [0.15, 0.2) is 5.82 Å². The van der Waals surface area contributed by atoms with Crippen LogP contribution in [0.1, 0.15) is 24.6 Å². The minimum atomic E-state index is -0.785. The fourth-order valence-corrected chi connectivity index (χ4v) is 4.11. The third-order valence-electron chi connectivity index (χ3n) is 5.77. The highest BCUT2D eigenvalue weighted by Gasteiger charge is 2.18. The van der Waals surface area contributed by atoms with Crippen LogP contribution < -0.4 is 5.69 Å². The van der Waals surface area contributed by atoms with Crippen LogP contribution in [0.3, 0.4) is 0 Å². The second kappa shape index (κ2) is 9.41. The van der Waals surface area contributed by atoms with E-state index in [0.717, 1.165) is 45.4 Å². The first-order valence-corrected chi connectivity index (χ1v) is 11.1. The van der Waals surface area contributed by atoms with E-state index < -0.39 is 17.3 Å². The summed E-state index contributed by atoms with van der Waals surface area (Å²) in [4.78, 5) is 17.4. The van der Waals surface area contributed by atoms with E-state index in [9.17, 15) is 13.6 Å². The molecule has 0 atom stereocenters. The molecule has 0 aliphatic heterocycles. The molecule has 1 N–H and O–H groups in total. The fourth-order valence-electron chi connectivity index (χ4n) is 4.11. The lowest BCUT2D eigenvalue weighted by Crippen LogP contribution is -2.25. The van der Waals surface area contributed by atoms with E-state index >= 15 is 0 Å². The molecule has 3 heterocycles. The number of hydrogen-bond donors (Lipinski definition) is 1. The molecule has 0 fully saturated rings. The number of hydrogen-bond acceptors (Lipinski definition) is 5. The summed E-state index contributed by atoms with van der Waals surface area (Å²) in [5.41, 5.74) is 3.31. The first kappa shape index (κ1) is 22.3. The number of benzene rings is 2. The maximum absolute atomic E-state index is 14.4. The van der Waals surface area contributed by atoms with E-state index in [1.807, 2.05) is 37.3 Å². The smallest absolute Gasteiger partial charge is 0.292 e. The van der Waals surface area contributed by atoms with Crippen LogP contribution in [-0.4, -0.2) is 34.7 Å². The zero-order valence-electron chi connectivity index (χ0n) is 18.8. The molecule has 0 aliphatic carbocycles. The number of imidazole rings is 1. The van der Waals surface area contributed by atoms with Gasteiger partial charge in [-0.1, -0.05) is 43.7 Å². The number of nitrogens with one attached hydrogen (secondary N) is 1. The van der Waals surface area contributed by atoms with Crippen molar-refractivity contribution < 1.29 is 8.78 Å². The number of nitrogens with zero attached hydrogens (tertiary/aromatic N) is 6. The Kier molecular flexibility index (Phi) is 6.01. The molecule has 176 valence electrons. The average Bonchev–Trinajstić information content (AvgIpc) is 3.50. The summed E-state index contributed by atoms with van der Waals surface area (Å²) < 4.78 is 31.4. The molecule has 0 radical (unpaired) electrons. The average molecular weight is 473 g/mol. The zero-order chi connectivity index (χ0) is 24.4. The highest BCUT2D eigenvalue weighted by molar-refractivity contribution is 5.79. The Bertz CT molecular complexity index is 1500. The minimum absolute atomic E-state index is 0.271. The summed E-state index contributed by atoms with van der Waals surface area (Å²) in [5.74, 6) is -1.06. The summed E-state index contributed by atoms with van der Waals surface area (Å²) in [6.07, 6.45) is 6.28. The van der Waals surface area contributed by atoms with Crippen LogP contribution in [0.4, 0.5) is 8.78 Å². The topological polar surface area (TPSA) is 94.3 Å². The van der Waals surface area contributed by atoms with Crippen LogP contribution in [0.15, 0.2) is 71.9 Å². The van der Waals surface area contributed by atoms with Crippen LogP contribution in [0.2, 0.25) is 0 Å². The van der Waals surface area contributed by atoms with Crippen molar-refractivity contribution in [3.05, 3.63) is 100 Å². The van der Waals surface area contributed by atoms with E-state index in [2.05, 4.69) is 25.6 Å². The third-order valence-corrected chi connectivity index (χ3v) is 5.77. The molecule has 10 heteroatoms. The highest BCUT2D eigenvalue weighted by atomic mass is 19.1. The number of halogens is 2. The van der Waals surface area contributed by atoms with Gasteiger partial charge in [-0.05, 0) is 51.7 Å². The molecular weight excluding hydrogens is 452 g/mol. The van der Waals surface area contributed by atoms with Crippen LogP contribution in [-0.2, 0) is 13.0 Å². The second-order valence-corrected chi connectivity index (χ2v) is 8.05. The Balaban J connectivity index is 1.49. The van der Waals surface area contributed by atoms with Gasteiger partial charge in [-0.2, -0.15) is 0 Å². The summed E-state index contributed by atoms with van der Waals surface area (Å²) >= 11 is 0. The Morgan fingerprint density at radius 1 is 1.00 bits per heavy atom. The van der Waals surface area contributed by atoms with Crippen molar-refractivity contribution in [2.24, 2.45) is 0 Å². The van der Waals surface area contributed by atoms with Crippen molar-refractivity contribution >= 4 is 0 Å². The molecule has 0 aliphatic rings. The molecule has 3 aromatic heterocycles. The van der Waals surface area contributed by atoms with E-state index in [1.54, 1.807) is 17.0 Å². The van der Waals surface area contributed by atoms with Gasteiger partial charge >= 0.3 is 5.69 Å². The lowest BCUT2D eigenvalue weighted by atomic mass is 10.00. The van der Waals surface area contributed by atoms with Gasteiger partial charge in [0.2, 0.25) is 0 Å². The Morgan fingerprint density at radius 3 is 2.46 bits per heavy atom. The normalized spacial score (nSPS) is 11.2. The summed E-state index contributed by atoms with van der Waals surface area (Å²) in [6, 6.07) is 13.2. The molecule has 5 rings (SSSR count). The fraction of sp³-hybridized carbons (Fsp3) is 0.160. The van der Waals surface area contributed by atoms with Gasteiger partial charge < -0.3 is 0 Å². The van der Waals surface area contributed by atoms with Gasteiger partial charge in [-0.15, -0.1) is 5.10 Å². The number of tetrazole rings is 1. The molecular formula is C25H21F2N7O. The summed E-state index contributed by atoms with van der Waals surface area (Å²) in [6.45, 7) is 2.26. The molecule has 5 aromatic rings. The van der Waals surface area contributed by atoms with E-state index in [-0.39, 0.29) is 12.2 Å². The number of para-hydroxylation sites is 1. The predicted molar refractivity (Wildman–Crippen MR) is 126 cm³/mol. The van der Waals surface area contributed by atoms with Crippen LogP contribution in [0, 0.1) is 11.6 Å². The lowest BCUT2D eigenvalue weighted by molar-refractivity contribution is 0.564. The van der Waals surface area contributed by atoms with Crippen molar-refractivity contribution in [1.82, 2.24) is 34.7 Å². The second-order valence-electron chi connectivity index (χ2n) is 8.05. The van der Waals surface area contributed by atoms with Gasteiger partial charge in [0.25, 0.3) is 0 Å². The molecule has 0 spiro atoms. The van der Waals surface area contributed by atoms with Gasteiger partial charge in [0.05, 0.1) is 6.54 Å². The minimum Gasteiger partial charge on any atom is -0.292 e. The van der Waals surface area contributed by atoms with Crippen LogP contribution in [0.5, 0.6) is 0 Å². The maximum atomic E-state index is 14.4. The molecule has 0 bridgehead atoms. The third kappa shape index (κ3) is 4.25. The number of rotatable bonds is 7. The van der Waals surface area contributed by atoms with Crippen molar-refractivity contribution in [1.29, 1.82) is 0 Å². The molecule has 0 unspecified atom stereocenters. The van der Waals surface area contributed by atoms with E-state index in [0.29, 0.717) is 17.9 Å². The Morgan fingerprint density at radius 2 is 1.77 bits per heavy atom. The van der Waals surface area contributed by atoms with E-state index in [4.69, 9.17) is 0 Å². The monoisotopic (exact) mass is 473 g/mol. The molecule has 0 amide bonds. The van der Waals surface area contributed by atoms with Gasteiger partial charge in [-0.3, -0.25) is 14.1 Å². The molecule has 0 saturated heterocycles. The number of H-pyrrole nitrogens is 1. The summed E-state index contributed by atoms with van der Waals surface area (Å²) in [5, 5.41) is 14.0. The largest absolute Gasteiger partial charge is 0.333 e. The predicted octanol–water partition coefficient (Wildman–Crippen LogP) is 4.16. The quantitative estimate of drug-likeness (QED) is 0.383. The van der Waals surface area contributed by atoms with Gasteiger partial charge in [0.1, 0.15) is 17.3 Å². The molecule has 2 aromatic carbocycles.